The smallest absolute Gasteiger partial charge is 0.255 e. The second-order valence-corrected chi connectivity index (χ2v) is 7.12. The number of aryl methyl sites for hydroxylation is 1. The van der Waals surface area contributed by atoms with Gasteiger partial charge >= 0.3 is 0 Å². The van der Waals surface area contributed by atoms with Gasteiger partial charge in [0.1, 0.15) is 12.3 Å². The van der Waals surface area contributed by atoms with Crippen LogP contribution < -0.4 is 10.1 Å². The molecule has 1 aliphatic rings. The molecule has 0 aromatic heterocycles. The van der Waals surface area contributed by atoms with E-state index in [0.29, 0.717) is 11.3 Å². The second-order valence-electron chi connectivity index (χ2n) is 7.12. The average molecular weight is 386 g/mol. The minimum Gasteiger partial charge on any atom is -0.497 e. The summed E-state index contributed by atoms with van der Waals surface area (Å²) in [6.07, 6.45) is 0. The van der Waals surface area contributed by atoms with Crippen LogP contribution >= 0.6 is 0 Å². The molecule has 3 aromatic carbocycles. The van der Waals surface area contributed by atoms with Gasteiger partial charge < -0.3 is 15.0 Å². The van der Waals surface area contributed by atoms with Gasteiger partial charge in [0.15, 0.2) is 0 Å². The molecule has 4 rings (SSSR count). The number of amides is 2. The van der Waals surface area contributed by atoms with Crippen LogP contribution in [0, 0.1) is 6.92 Å². The van der Waals surface area contributed by atoms with Crippen molar-refractivity contribution < 1.29 is 14.3 Å². The normalized spacial score (nSPS) is 15.9. The third kappa shape index (κ3) is 3.72. The Morgan fingerprint density at radius 3 is 2.59 bits per heavy atom. The second kappa shape index (κ2) is 7.80. The van der Waals surface area contributed by atoms with Gasteiger partial charge in [-0.2, -0.15) is 0 Å². The van der Waals surface area contributed by atoms with Crippen LogP contribution in [0.15, 0.2) is 72.8 Å². The molecule has 0 saturated heterocycles. The van der Waals surface area contributed by atoms with Crippen molar-refractivity contribution in [3.63, 3.8) is 0 Å². The summed E-state index contributed by atoms with van der Waals surface area (Å²) in [5.74, 6) is 0.162. The number of carbonyl (C=O) groups excluding carboxylic acids is 2. The van der Waals surface area contributed by atoms with E-state index in [4.69, 9.17) is 4.74 Å². The largest absolute Gasteiger partial charge is 0.497 e. The summed E-state index contributed by atoms with van der Waals surface area (Å²) in [6.45, 7) is 1.96. The third-order valence-electron chi connectivity index (χ3n) is 5.09. The molecule has 0 fully saturated rings. The average Bonchev–Trinajstić information content (AvgIpc) is 2.89. The number of ether oxygens (including phenoxy) is 1. The van der Waals surface area contributed by atoms with Crippen molar-refractivity contribution in [2.75, 3.05) is 19.0 Å². The maximum absolute atomic E-state index is 13.5. The number of anilines is 1. The number of nitrogens with one attached hydrogen (secondary N) is 1. The molecule has 0 aliphatic carbocycles. The fourth-order valence-electron chi connectivity index (χ4n) is 3.73. The van der Waals surface area contributed by atoms with Crippen LogP contribution in [-0.2, 0) is 4.79 Å². The first kappa shape index (κ1) is 18.7. The molecule has 1 unspecified atom stereocenters. The first-order valence-corrected chi connectivity index (χ1v) is 9.47. The fraction of sp³-hybridized carbons (Fsp3) is 0.167. The molecule has 1 N–H and O–H groups in total. The highest BCUT2D eigenvalue weighted by Crippen LogP contribution is 2.37. The molecular formula is C24H22N2O3. The molecule has 5 heteroatoms. The standard InChI is InChI=1S/C24H22N2O3/c1-16-11-12-21-20(13-16)23(17-7-4-3-5-8-17)26(15-22(27)25-21)24(28)18-9-6-10-19(14-18)29-2/h3-14,23H,15H2,1-2H3,(H,25,27). The number of carbonyl (C=O) groups is 2. The molecule has 0 bridgehead atoms. The van der Waals surface area contributed by atoms with Gasteiger partial charge in [0.25, 0.3) is 5.91 Å². The molecule has 1 heterocycles. The molecule has 1 aliphatic heterocycles. The highest BCUT2D eigenvalue weighted by molar-refractivity contribution is 6.01. The summed E-state index contributed by atoms with van der Waals surface area (Å²) < 4.78 is 5.27. The lowest BCUT2D eigenvalue weighted by Crippen LogP contribution is -2.39. The van der Waals surface area contributed by atoms with Gasteiger partial charge in [-0.25, -0.2) is 0 Å². The molecule has 0 spiro atoms. The van der Waals surface area contributed by atoms with E-state index in [1.165, 1.54) is 0 Å². The van der Waals surface area contributed by atoms with Gasteiger partial charge in [-0.3, -0.25) is 9.59 Å². The highest BCUT2D eigenvalue weighted by Gasteiger charge is 2.34. The Labute approximate surface area is 169 Å². The minimum absolute atomic E-state index is 0.0384. The zero-order valence-electron chi connectivity index (χ0n) is 16.4. The van der Waals surface area contributed by atoms with E-state index in [1.807, 2.05) is 55.5 Å². The maximum atomic E-state index is 13.5. The number of hydrogen-bond acceptors (Lipinski definition) is 3. The summed E-state index contributed by atoms with van der Waals surface area (Å²) in [5, 5.41) is 2.95. The summed E-state index contributed by atoms with van der Waals surface area (Å²) in [5.41, 5.74) is 4.13. The van der Waals surface area contributed by atoms with Crippen LogP contribution in [0.2, 0.25) is 0 Å². The number of methoxy groups -OCH3 is 1. The molecule has 146 valence electrons. The van der Waals surface area contributed by atoms with Crippen LogP contribution in [0.25, 0.3) is 0 Å². The lowest BCUT2D eigenvalue weighted by atomic mass is 9.94. The number of hydrogen-bond donors (Lipinski definition) is 1. The van der Waals surface area contributed by atoms with E-state index < -0.39 is 0 Å². The Balaban J connectivity index is 1.87. The highest BCUT2D eigenvalue weighted by atomic mass is 16.5. The number of benzene rings is 3. The lowest BCUT2D eigenvalue weighted by molar-refractivity contribution is -0.117. The number of nitrogens with zero attached hydrogens (tertiary/aromatic N) is 1. The van der Waals surface area contributed by atoms with Crippen LogP contribution in [0.5, 0.6) is 5.75 Å². The Hall–Kier alpha value is -3.60. The SMILES string of the molecule is COc1cccc(C(=O)N2CC(=O)Nc3ccc(C)cc3C2c2ccccc2)c1. The van der Waals surface area contributed by atoms with Crippen molar-refractivity contribution in [3.05, 3.63) is 95.1 Å². The Kier molecular flexibility index (Phi) is 5.04. The van der Waals surface area contributed by atoms with Crippen molar-refractivity contribution in [1.29, 1.82) is 0 Å². The van der Waals surface area contributed by atoms with Crippen LogP contribution in [0.4, 0.5) is 5.69 Å². The molecule has 0 saturated carbocycles. The maximum Gasteiger partial charge on any atom is 0.255 e. The monoisotopic (exact) mass is 386 g/mol. The first-order chi connectivity index (χ1) is 14.1. The molecular weight excluding hydrogens is 364 g/mol. The van der Waals surface area contributed by atoms with E-state index in [0.717, 1.165) is 22.4 Å². The summed E-state index contributed by atoms with van der Waals surface area (Å²) in [6, 6.07) is 22.3. The number of fused-ring (bicyclic) bond motifs is 1. The van der Waals surface area contributed by atoms with Crippen molar-refractivity contribution in [1.82, 2.24) is 4.90 Å². The predicted octanol–water partition coefficient (Wildman–Crippen LogP) is 4.19. The van der Waals surface area contributed by atoms with E-state index in [9.17, 15) is 9.59 Å². The third-order valence-corrected chi connectivity index (χ3v) is 5.09. The Morgan fingerprint density at radius 2 is 1.83 bits per heavy atom. The lowest BCUT2D eigenvalue weighted by Gasteiger charge is -2.31. The van der Waals surface area contributed by atoms with Crippen molar-refractivity contribution in [3.8, 4) is 5.75 Å². The molecule has 29 heavy (non-hydrogen) atoms. The van der Waals surface area contributed by atoms with Crippen LogP contribution in [0.3, 0.4) is 0 Å². The van der Waals surface area contributed by atoms with Gasteiger partial charge in [-0.1, -0.05) is 54.1 Å². The molecule has 5 nitrogen and oxygen atoms in total. The zero-order chi connectivity index (χ0) is 20.4. The molecule has 2 amide bonds. The topological polar surface area (TPSA) is 58.6 Å². The predicted molar refractivity (Wildman–Crippen MR) is 112 cm³/mol. The Bertz CT molecular complexity index is 1060. The van der Waals surface area contributed by atoms with Crippen molar-refractivity contribution in [2.24, 2.45) is 0 Å². The first-order valence-electron chi connectivity index (χ1n) is 9.47. The van der Waals surface area contributed by atoms with Gasteiger partial charge in [-0.15, -0.1) is 0 Å². The zero-order valence-corrected chi connectivity index (χ0v) is 16.4. The molecule has 1 atom stereocenters. The van der Waals surface area contributed by atoms with E-state index in [-0.39, 0.29) is 24.4 Å². The van der Waals surface area contributed by atoms with Gasteiger partial charge in [0.05, 0.1) is 13.2 Å². The van der Waals surface area contributed by atoms with Crippen molar-refractivity contribution in [2.45, 2.75) is 13.0 Å². The molecule has 3 aromatic rings. The van der Waals surface area contributed by atoms with Crippen molar-refractivity contribution >= 4 is 17.5 Å². The van der Waals surface area contributed by atoms with E-state index in [1.54, 1.807) is 36.3 Å². The Morgan fingerprint density at radius 1 is 1.03 bits per heavy atom. The number of rotatable bonds is 3. The van der Waals surface area contributed by atoms with Crippen LogP contribution in [0.1, 0.15) is 33.1 Å². The van der Waals surface area contributed by atoms with Crippen LogP contribution in [-0.4, -0.2) is 30.4 Å². The fourth-order valence-corrected chi connectivity index (χ4v) is 3.73. The summed E-state index contributed by atoms with van der Waals surface area (Å²) >= 11 is 0. The van der Waals surface area contributed by atoms with E-state index >= 15 is 0 Å². The summed E-state index contributed by atoms with van der Waals surface area (Å²) in [7, 11) is 1.56. The van der Waals surface area contributed by atoms with Gasteiger partial charge in [0, 0.05) is 16.8 Å². The minimum atomic E-state index is -0.385. The molecule has 0 radical (unpaired) electrons. The van der Waals surface area contributed by atoms with E-state index in [2.05, 4.69) is 5.32 Å². The van der Waals surface area contributed by atoms with Gasteiger partial charge in [0.2, 0.25) is 5.91 Å². The summed E-state index contributed by atoms with van der Waals surface area (Å²) in [4.78, 5) is 27.8. The quantitative estimate of drug-likeness (QED) is 0.734. The van der Waals surface area contributed by atoms with Gasteiger partial charge in [-0.05, 0) is 36.8 Å².